The average Bonchev–Trinajstić information content (AvgIpc) is 2.65. The van der Waals surface area contributed by atoms with Crippen LogP contribution in [0.15, 0.2) is 12.2 Å². The lowest BCUT2D eigenvalue weighted by atomic mass is 10.0. The molecule has 0 fully saturated rings. The summed E-state index contributed by atoms with van der Waals surface area (Å²) in [5.41, 5.74) is 0. The number of hydrogen-bond donors (Lipinski definition) is 0. The van der Waals surface area contributed by atoms with Crippen molar-refractivity contribution in [3.63, 3.8) is 0 Å². The van der Waals surface area contributed by atoms with Crippen LogP contribution in [0.25, 0.3) is 0 Å². The fourth-order valence-electron chi connectivity index (χ4n) is 1.81. The highest BCUT2D eigenvalue weighted by molar-refractivity contribution is 5.76. The van der Waals surface area contributed by atoms with Crippen molar-refractivity contribution in [3.8, 4) is 0 Å². The van der Waals surface area contributed by atoms with E-state index in [1.165, 1.54) is 0 Å². The van der Waals surface area contributed by atoms with Crippen LogP contribution >= 0.6 is 0 Å². The Morgan fingerprint density at radius 3 is 2.62 bits per heavy atom. The van der Waals surface area contributed by atoms with Gasteiger partial charge in [-0.3, -0.25) is 4.79 Å². The average molecular weight is 235 g/mol. The van der Waals surface area contributed by atoms with E-state index in [-0.39, 0.29) is 18.9 Å². The highest BCUT2D eigenvalue weighted by Gasteiger charge is 2.32. The molecule has 92 valence electrons. The summed E-state index contributed by atoms with van der Waals surface area (Å²) in [6.07, 6.45) is 1.56. The highest BCUT2D eigenvalue weighted by atomic mass is 19.4. The van der Waals surface area contributed by atoms with Crippen LogP contribution in [0, 0.1) is 5.92 Å². The number of alkyl halides is 3. The predicted octanol–water partition coefficient (Wildman–Crippen LogP) is 2.75. The molecule has 0 N–H and O–H groups in total. The minimum Gasteiger partial charge on any atom is -0.334 e. The van der Waals surface area contributed by atoms with Gasteiger partial charge in [0.05, 0.1) is 0 Å². The molecule has 0 radical (unpaired) electrons. The Balaban J connectivity index is 2.45. The zero-order chi connectivity index (χ0) is 12.2. The van der Waals surface area contributed by atoms with E-state index >= 15 is 0 Å². The monoisotopic (exact) mass is 235 g/mol. The van der Waals surface area contributed by atoms with Crippen molar-refractivity contribution in [1.29, 1.82) is 0 Å². The Morgan fingerprint density at radius 1 is 1.50 bits per heavy atom. The van der Waals surface area contributed by atoms with E-state index in [1.807, 2.05) is 12.2 Å². The van der Waals surface area contributed by atoms with E-state index < -0.39 is 18.6 Å². The van der Waals surface area contributed by atoms with Crippen LogP contribution in [0.2, 0.25) is 0 Å². The molecule has 0 aromatic heterocycles. The Labute approximate surface area is 93.1 Å². The number of nitrogens with zero attached hydrogens (tertiary/aromatic N) is 1. The second-order valence-electron chi connectivity index (χ2n) is 3.99. The summed E-state index contributed by atoms with van der Waals surface area (Å²) in [6.45, 7) is 0.529. The first-order chi connectivity index (χ1) is 7.42. The smallest absolute Gasteiger partial charge is 0.334 e. The van der Waals surface area contributed by atoms with Crippen molar-refractivity contribution in [1.82, 2.24) is 4.90 Å². The number of halogens is 3. The normalized spacial score (nSPS) is 20.1. The van der Waals surface area contributed by atoms with Gasteiger partial charge in [0.25, 0.3) is 0 Å². The van der Waals surface area contributed by atoms with Gasteiger partial charge < -0.3 is 4.90 Å². The van der Waals surface area contributed by atoms with Gasteiger partial charge in [0.2, 0.25) is 5.91 Å². The van der Waals surface area contributed by atoms with Gasteiger partial charge in [-0.15, -0.1) is 0 Å². The maximum absolute atomic E-state index is 12.2. The van der Waals surface area contributed by atoms with Crippen molar-refractivity contribution in [2.24, 2.45) is 5.92 Å². The minimum atomic E-state index is -4.31. The Bertz CT molecular complexity index is 273. The molecular weight excluding hydrogens is 219 g/mol. The standard InChI is InChI=1S/C11H16F3NO/c1-2-15(8-11(12,13)14)10(16)7-9-5-3-4-6-9/h3,5,9H,2,4,6-8H2,1H3/t9-/m1/s1. The lowest BCUT2D eigenvalue weighted by Crippen LogP contribution is -2.39. The van der Waals surface area contributed by atoms with E-state index in [4.69, 9.17) is 0 Å². The molecule has 1 atom stereocenters. The molecule has 0 saturated heterocycles. The summed E-state index contributed by atoms with van der Waals surface area (Å²) in [5.74, 6) is -0.286. The predicted molar refractivity (Wildman–Crippen MR) is 54.8 cm³/mol. The van der Waals surface area contributed by atoms with Gasteiger partial charge in [-0.1, -0.05) is 12.2 Å². The molecule has 1 aliphatic carbocycles. The van der Waals surface area contributed by atoms with Crippen molar-refractivity contribution in [3.05, 3.63) is 12.2 Å². The van der Waals surface area contributed by atoms with Gasteiger partial charge in [-0.25, -0.2) is 0 Å². The van der Waals surface area contributed by atoms with Crippen LogP contribution in [-0.4, -0.2) is 30.1 Å². The largest absolute Gasteiger partial charge is 0.406 e. The van der Waals surface area contributed by atoms with Gasteiger partial charge in [-0.05, 0) is 25.7 Å². The fraction of sp³-hybridized carbons (Fsp3) is 0.727. The van der Waals surface area contributed by atoms with E-state index in [0.717, 1.165) is 17.7 Å². The van der Waals surface area contributed by atoms with Gasteiger partial charge in [0, 0.05) is 13.0 Å². The minimum absolute atomic E-state index is 0.106. The van der Waals surface area contributed by atoms with Crippen LogP contribution in [0.4, 0.5) is 13.2 Å². The number of rotatable bonds is 4. The second-order valence-corrected chi connectivity index (χ2v) is 3.99. The van der Waals surface area contributed by atoms with Crippen LogP contribution < -0.4 is 0 Å². The number of amides is 1. The van der Waals surface area contributed by atoms with Gasteiger partial charge in [-0.2, -0.15) is 13.2 Å². The van der Waals surface area contributed by atoms with Gasteiger partial charge in [0.15, 0.2) is 0 Å². The fourth-order valence-corrected chi connectivity index (χ4v) is 1.81. The molecule has 0 aliphatic heterocycles. The summed E-state index contributed by atoms with van der Waals surface area (Å²) in [4.78, 5) is 12.5. The number of hydrogen-bond acceptors (Lipinski definition) is 1. The SMILES string of the molecule is CCN(CC(F)(F)F)C(=O)C[C@@H]1C=CCC1. The Morgan fingerprint density at radius 2 is 2.19 bits per heavy atom. The molecule has 0 unspecified atom stereocenters. The first-order valence-corrected chi connectivity index (χ1v) is 5.43. The molecule has 0 aromatic carbocycles. The molecular formula is C11H16F3NO. The van der Waals surface area contributed by atoms with Crippen LogP contribution in [0.1, 0.15) is 26.2 Å². The molecule has 1 amide bonds. The maximum Gasteiger partial charge on any atom is 0.406 e. The van der Waals surface area contributed by atoms with Crippen molar-refractivity contribution in [2.75, 3.05) is 13.1 Å². The molecule has 16 heavy (non-hydrogen) atoms. The quantitative estimate of drug-likeness (QED) is 0.686. The van der Waals surface area contributed by atoms with Crippen LogP contribution in [0.3, 0.4) is 0 Å². The third kappa shape index (κ3) is 4.24. The molecule has 1 aliphatic rings. The third-order valence-electron chi connectivity index (χ3n) is 2.65. The lowest BCUT2D eigenvalue weighted by Gasteiger charge is -2.23. The number of carbonyl (C=O) groups is 1. The highest BCUT2D eigenvalue weighted by Crippen LogP contribution is 2.23. The van der Waals surface area contributed by atoms with Gasteiger partial charge in [0.1, 0.15) is 6.54 Å². The Kier molecular flexibility index (Phi) is 4.38. The van der Waals surface area contributed by atoms with E-state index in [9.17, 15) is 18.0 Å². The van der Waals surface area contributed by atoms with E-state index in [2.05, 4.69) is 0 Å². The molecule has 0 bridgehead atoms. The van der Waals surface area contributed by atoms with Crippen molar-refractivity contribution >= 4 is 5.91 Å². The first-order valence-electron chi connectivity index (χ1n) is 5.43. The van der Waals surface area contributed by atoms with Crippen LogP contribution in [-0.2, 0) is 4.79 Å². The first kappa shape index (κ1) is 13.1. The van der Waals surface area contributed by atoms with Crippen molar-refractivity contribution < 1.29 is 18.0 Å². The summed E-state index contributed by atoms with van der Waals surface area (Å²) in [6, 6.07) is 0. The topological polar surface area (TPSA) is 20.3 Å². The zero-order valence-electron chi connectivity index (χ0n) is 9.26. The van der Waals surface area contributed by atoms with Gasteiger partial charge >= 0.3 is 6.18 Å². The summed E-state index contributed by atoms with van der Waals surface area (Å²) >= 11 is 0. The summed E-state index contributed by atoms with van der Waals surface area (Å²) in [5, 5.41) is 0. The molecule has 5 heteroatoms. The Hall–Kier alpha value is -1.00. The zero-order valence-corrected chi connectivity index (χ0v) is 9.26. The summed E-state index contributed by atoms with van der Waals surface area (Å²) < 4.78 is 36.5. The number of carbonyl (C=O) groups excluding carboxylic acids is 1. The van der Waals surface area contributed by atoms with Crippen molar-refractivity contribution in [2.45, 2.75) is 32.4 Å². The molecule has 0 aromatic rings. The second kappa shape index (κ2) is 5.37. The molecule has 0 heterocycles. The van der Waals surface area contributed by atoms with Crippen LogP contribution in [0.5, 0.6) is 0 Å². The maximum atomic E-state index is 12.2. The molecule has 0 saturated carbocycles. The van der Waals surface area contributed by atoms with E-state index in [1.54, 1.807) is 6.92 Å². The molecule has 2 nitrogen and oxygen atoms in total. The summed E-state index contributed by atoms with van der Waals surface area (Å²) in [7, 11) is 0. The molecule has 0 spiro atoms. The van der Waals surface area contributed by atoms with E-state index in [0.29, 0.717) is 0 Å². The number of allylic oxidation sites excluding steroid dienone is 2. The third-order valence-corrected chi connectivity index (χ3v) is 2.65. The lowest BCUT2D eigenvalue weighted by molar-refractivity contribution is -0.161. The molecule has 1 rings (SSSR count).